The first-order valence-electron chi connectivity index (χ1n) is 13.0. The largest absolute Gasteiger partial charge is 0.453 e. The second kappa shape index (κ2) is 9.06. The molecule has 0 radical (unpaired) electrons. The number of anilines is 2. The SMILES string of the molecule is Nc1nc(-c2[nH]nc3nccc(CCC(F)(F)C(F)(F)F)c23)nc2c1C(C(=O)NC1CC1)(C1CCCC1)C(=O)N2. The molecule has 10 nitrogen and oxygen atoms in total. The molecule has 3 aromatic heterocycles. The number of aromatic amines is 1. The topological polar surface area (TPSA) is 152 Å². The molecule has 0 bridgehead atoms. The van der Waals surface area contributed by atoms with E-state index < -0.39 is 42.2 Å². The van der Waals surface area contributed by atoms with Crippen molar-refractivity contribution in [3.8, 4) is 11.5 Å². The lowest BCUT2D eigenvalue weighted by molar-refractivity contribution is -0.284. The van der Waals surface area contributed by atoms with Crippen molar-refractivity contribution < 1.29 is 31.5 Å². The van der Waals surface area contributed by atoms with Crippen LogP contribution < -0.4 is 16.4 Å². The summed E-state index contributed by atoms with van der Waals surface area (Å²) in [6.07, 6.45) is -1.91. The number of aromatic nitrogens is 5. The van der Waals surface area contributed by atoms with Gasteiger partial charge in [0.25, 0.3) is 0 Å². The first-order valence-corrected chi connectivity index (χ1v) is 13.0. The number of nitrogens with one attached hydrogen (secondary N) is 3. The number of pyridine rings is 1. The monoisotopic (exact) mass is 564 g/mol. The van der Waals surface area contributed by atoms with E-state index >= 15 is 0 Å². The fourth-order valence-corrected chi connectivity index (χ4v) is 5.88. The molecule has 2 saturated carbocycles. The van der Waals surface area contributed by atoms with Gasteiger partial charge in [0.05, 0.1) is 10.9 Å². The summed E-state index contributed by atoms with van der Waals surface area (Å²) in [4.78, 5) is 40.1. The van der Waals surface area contributed by atoms with Crippen LogP contribution in [0.25, 0.3) is 22.6 Å². The summed E-state index contributed by atoms with van der Waals surface area (Å²) in [7, 11) is 0. The molecule has 0 spiro atoms. The number of fused-ring (bicyclic) bond motifs is 2. The van der Waals surface area contributed by atoms with Crippen molar-refractivity contribution >= 4 is 34.5 Å². The molecule has 3 aromatic rings. The van der Waals surface area contributed by atoms with E-state index in [1.54, 1.807) is 0 Å². The smallest absolute Gasteiger partial charge is 0.383 e. The molecule has 1 atom stereocenters. The highest BCUT2D eigenvalue weighted by atomic mass is 19.4. The third kappa shape index (κ3) is 4.04. The van der Waals surface area contributed by atoms with E-state index in [1.165, 1.54) is 12.3 Å². The minimum Gasteiger partial charge on any atom is -0.383 e. The van der Waals surface area contributed by atoms with Gasteiger partial charge in [0.15, 0.2) is 16.9 Å². The van der Waals surface area contributed by atoms with Crippen LogP contribution in [0.4, 0.5) is 33.6 Å². The number of hydrogen-bond acceptors (Lipinski definition) is 7. The van der Waals surface area contributed by atoms with Crippen LogP contribution in [0.5, 0.6) is 0 Å². The Morgan fingerprint density at radius 3 is 2.52 bits per heavy atom. The van der Waals surface area contributed by atoms with Crippen molar-refractivity contribution in [3.63, 3.8) is 0 Å². The zero-order chi connectivity index (χ0) is 28.4. The van der Waals surface area contributed by atoms with Gasteiger partial charge in [0.1, 0.15) is 17.3 Å². The van der Waals surface area contributed by atoms with Crippen LogP contribution in [0.2, 0.25) is 0 Å². The second-order valence-electron chi connectivity index (χ2n) is 10.6. The summed E-state index contributed by atoms with van der Waals surface area (Å²) in [6, 6.07) is 1.32. The number of hydrogen-bond donors (Lipinski definition) is 4. The van der Waals surface area contributed by atoms with Gasteiger partial charge < -0.3 is 16.4 Å². The number of carbonyl (C=O) groups excluding carboxylic acids is 2. The number of nitrogens with two attached hydrogens (primary N) is 1. The second-order valence-corrected chi connectivity index (χ2v) is 10.6. The van der Waals surface area contributed by atoms with E-state index in [2.05, 4.69) is 35.8 Å². The number of H-pyrrole nitrogens is 1. The maximum atomic E-state index is 13.7. The Labute approximate surface area is 223 Å². The zero-order valence-electron chi connectivity index (χ0n) is 21.0. The molecule has 1 unspecified atom stereocenters. The van der Waals surface area contributed by atoms with Crippen LogP contribution in [0.3, 0.4) is 0 Å². The third-order valence-electron chi connectivity index (χ3n) is 8.05. The van der Waals surface area contributed by atoms with Crippen molar-refractivity contribution in [1.29, 1.82) is 0 Å². The first kappa shape index (κ1) is 26.3. The van der Waals surface area contributed by atoms with Crippen LogP contribution in [0.1, 0.15) is 56.1 Å². The first-order chi connectivity index (χ1) is 18.9. The lowest BCUT2D eigenvalue weighted by Crippen LogP contribution is -2.54. The highest BCUT2D eigenvalue weighted by molar-refractivity contribution is 6.21. The van der Waals surface area contributed by atoms with Gasteiger partial charge in [-0.3, -0.25) is 14.7 Å². The molecule has 2 aliphatic carbocycles. The van der Waals surface area contributed by atoms with Crippen molar-refractivity contribution in [2.24, 2.45) is 5.92 Å². The summed E-state index contributed by atoms with van der Waals surface area (Å²) in [5, 5.41) is 12.5. The number of halogens is 5. The van der Waals surface area contributed by atoms with E-state index in [1.807, 2.05) is 0 Å². The zero-order valence-corrected chi connectivity index (χ0v) is 21.0. The van der Waals surface area contributed by atoms with E-state index in [-0.39, 0.29) is 57.3 Å². The Kier molecular flexibility index (Phi) is 5.96. The molecule has 0 aromatic carbocycles. The summed E-state index contributed by atoms with van der Waals surface area (Å²) in [5.41, 5.74) is 5.27. The van der Waals surface area contributed by atoms with E-state index in [0.717, 1.165) is 25.7 Å². The van der Waals surface area contributed by atoms with Gasteiger partial charge in [-0.15, -0.1) is 0 Å². The minimum absolute atomic E-state index is 0.00366. The fourth-order valence-electron chi connectivity index (χ4n) is 5.88. The molecule has 212 valence electrons. The van der Waals surface area contributed by atoms with Gasteiger partial charge in [0, 0.05) is 18.7 Å². The van der Waals surface area contributed by atoms with Gasteiger partial charge in [-0.25, -0.2) is 15.0 Å². The number of amides is 2. The van der Waals surface area contributed by atoms with E-state index in [9.17, 15) is 31.5 Å². The predicted octanol–water partition coefficient (Wildman–Crippen LogP) is 3.79. The molecule has 15 heteroatoms. The van der Waals surface area contributed by atoms with Crippen molar-refractivity contribution in [3.05, 3.63) is 23.4 Å². The molecular formula is C25H25F5N8O2. The Balaban J connectivity index is 1.42. The molecule has 1 aliphatic heterocycles. The number of nitrogen functional groups attached to an aromatic ring is 1. The Morgan fingerprint density at radius 2 is 1.85 bits per heavy atom. The summed E-state index contributed by atoms with van der Waals surface area (Å²) in [6.45, 7) is 0. The molecule has 2 amide bonds. The van der Waals surface area contributed by atoms with Gasteiger partial charge in [-0.1, -0.05) is 12.8 Å². The lowest BCUT2D eigenvalue weighted by Gasteiger charge is -2.32. The molecule has 4 heterocycles. The van der Waals surface area contributed by atoms with Gasteiger partial charge in [-0.05, 0) is 49.7 Å². The third-order valence-corrected chi connectivity index (χ3v) is 8.05. The quantitative estimate of drug-likeness (QED) is 0.252. The van der Waals surface area contributed by atoms with Crippen LogP contribution in [0.15, 0.2) is 12.3 Å². The van der Waals surface area contributed by atoms with Gasteiger partial charge in [0.2, 0.25) is 11.8 Å². The molecule has 5 N–H and O–H groups in total. The summed E-state index contributed by atoms with van der Waals surface area (Å²) < 4.78 is 65.6. The van der Waals surface area contributed by atoms with E-state index in [0.29, 0.717) is 12.8 Å². The average molecular weight is 565 g/mol. The summed E-state index contributed by atoms with van der Waals surface area (Å²) >= 11 is 0. The van der Waals surface area contributed by atoms with Crippen molar-refractivity contribution in [2.45, 2.75) is 74.9 Å². The molecule has 6 rings (SSSR count). The number of nitrogens with zero attached hydrogens (tertiary/aromatic N) is 4. The summed E-state index contributed by atoms with van der Waals surface area (Å²) in [5.74, 6) is -6.34. The maximum Gasteiger partial charge on any atom is 0.453 e. The van der Waals surface area contributed by atoms with Crippen LogP contribution >= 0.6 is 0 Å². The standard InChI is InChI=1S/C25H25F5N8O2/c26-23(27,25(28,29)30)9-7-11-8-10-32-18-14(11)16(37-38-18)20-34-17(31)15-19(35-20)36-22(40)24(15,12-3-1-2-4-12)21(39)33-13-5-6-13/h8,10,12-13H,1-7,9H2,(H,33,39)(H,32,37,38)(H3,31,34,35,36,40). The number of aryl methyl sites for hydroxylation is 1. The Bertz CT molecular complexity index is 1510. The fraction of sp³-hybridized carbons (Fsp3) is 0.520. The highest BCUT2D eigenvalue weighted by Gasteiger charge is 2.61. The van der Waals surface area contributed by atoms with Crippen molar-refractivity contribution in [2.75, 3.05) is 11.1 Å². The lowest BCUT2D eigenvalue weighted by atomic mass is 9.69. The normalized spacial score (nSPS) is 21.6. The van der Waals surface area contributed by atoms with Gasteiger partial charge in [-0.2, -0.15) is 27.1 Å². The van der Waals surface area contributed by atoms with Crippen LogP contribution in [0, 0.1) is 5.92 Å². The number of alkyl halides is 5. The maximum absolute atomic E-state index is 13.7. The predicted molar refractivity (Wildman–Crippen MR) is 132 cm³/mol. The van der Waals surface area contributed by atoms with Crippen LogP contribution in [-0.4, -0.2) is 55.1 Å². The molecule has 3 aliphatic rings. The molecule has 2 fully saturated rings. The number of carbonyl (C=O) groups is 2. The van der Waals surface area contributed by atoms with Crippen molar-refractivity contribution in [1.82, 2.24) is 30.5 Å². The molecular weight excluding hydrogens is 539 g/mol. The minimum atomic E-state index is -5.69. The Hall–Kier alpha value is -3.91. The van der Waals surface area contributed by atoms with E-state index in [4.69, 9.17) is 5.73 Å². The average Bonchev–Trinajstić information content (AvgIpc) is 3.27. The molecule has 40 heavy (non-hydrogen) atoms. The highest BCUT2D eigenvalue weighted by Crippen LogP contribution is 2.51. The number of rotatable bonds is 7. The van der Waals surface area contributed by atoms with Crippen LogP contribution in [-0.2, 0) is 21.4 Å². The van der Waals surface area contributed by atoms with Gasteiger partial charge >= 0.3 is 12.1 Å². The Morgan fingerprint density at radius 1 is 1.12 bits per heavy atom. The molecule has 0 saturated heterocycles.